The Balaban J connectivity index is 1.76. The van der Waals surface area contributed by atoms with Crippen LogP contribution in [0.5, 0.6) is 5.75 Å². The van der Waals surface area contributed by atoms with Crippen molar-refractivity contribution in [3.05, 3.63) is 48.2 Å². The fraction of sp³-hybridized carbons (Fsp3) is 0.333. The van der Waals surface area contributed by atoms with E-state index in [0.29, 0.717) is 31.3 Å². The van der Waals surface area contributed by atoms with E-state index in [0.717, 1.165) is 11.3 Å². The number of aliphatic hydroxyl groups excluding tert-OH is 1. The van der Waals surface area contributed by atoms with Gasteiger partial charge in [-0.25, -0.2) is 4.98 Å². The molecule has 3 N–H and O–H groups in total. The van der Waals surface area contributed by atoms with E-state index in [9.17, 15) is 4.79 Å². The molecule has 0 spiro atoms. The fourth-order valence-corrected chi connectivity index (χ4v) is 2.12. The third-order valence-corrected chi connectivity index (χ3v) is 3.36. The van der Waals surface area contributed by atoms with Crippen molar-refractivity contribution in [3.63, 3.8) is 0 Å². The number of carbonyl (C=O) groups is 1. The number of aromatic nitrogens is 1. The molecule has 7 heteroatoms. The minimum Gasteiger partial charge on any atom is -0.497 e. The van der Waals surface area contributed by atoms with Gasteiger partial charge in [-0.2, -0.15) is 0 Å². The van der Waals surface area contributed by atoms with Crippen molar-refractivity contribution in [1.82, 2.24) is 4.98 Å². The normalized spacial score (nSPS) is 10.3. The third-order valence-electron chi connectivity index (χ3n) is 3.36. The zero-order valence-corrected chi connectivity index (χ0v) is 14.2. The van der Waals surface area contributed by atoms with Crippen molar-refractivity contribution in [2.45, 2.75) is 6.42 Å². The van der Waals surface area contributed by atoms with Gasteiger partial charge in [0.1, 0.15) is 11.6 Å². The van der Waals surface area contributed by atoms with E-state index in [-0.39, 0.29) is 18.9 Å². The molecule has 2 rings (SSSR count). The van der Waals surface area contributed by atoms with Crippen molar-refractivity contribution in [3.8, 4) is 5.75 Å². The van der Waals surface area contributed by atoms with Crippen LogP contribution in [0.15, 0.2) is 42.6 Å². The average molecular weight is 345 g/mol. The lowest BCUT2D eigenvalue weighted by Gasteiger charge is -2.08. The highest BCUT2D eigenvalue weighted by atomic mass is 16.5. The first kappa shape index (κ1) is 18.7. The maximum absolute atomic E-state index is 12.1. The Morgan fingerprint density at radius 3 is 2.60 bits per heavy atom. The summed E-state index contributed by atoms with van der Waals surface area (Å²) in [4.78, 5) is 16.3. The highest BCUT2D eigenvalue weighted by Gasteiger charge is 2.05. The number of nitrogens with one attached hydrogen (secondary N) is 2. The molecule has 0 aliphatic rings. The van der Waals surface area contributed by atoms with Crippen molar-refractivity contribution in [2.75, 3.05) is 44.1 Å². The van der Waals surface area contributed by atoms with Crippen LogP contribution >= 0.6 is 0 Å². The van der Waals surface area contributed by atoms with Gasteiger partial charge in [0.25, 0.3) is 0 Å². The molecule has 0 bridgehead atoms. The van der Waals surface area contributed by atoms with Crippen LogP contribution in [0, 0.1) is 0 Å². The number of amides is 1. The Bertz CT molecular complexity index is 644. The van der Waals surface area contributed by atoms with Gasteiger partial charge >= 0.3 is 0 Å². The van der Waals surface area contributed by atoms with Crippen LogP contribution in [0.1, 0.15) is 5.56 Å². The highest BCUT2D eigenvalue weighted by molar-refractivity contribution is 5.92. The number of hydrogen-bond acceptors (Lipinski definition) is 6. The highest BCUT2D eigenvalue weighted by Crippen LogP contribution is 2.13. The monoisotopic (exact) mass is 345 g/mol. The van der Waals surface area contributed by atoms with E-state index in [4.69, 9.17) is 14.6 Å². The van der Waals surface area contributed by atoms with Crippen LogP contribution < -0.4 is 15.4 Å². The van der Waals surface area contributed by atoms with Crippen molar-refractivity contribution < 1.29 is 19.4 Å². The number of ether oxygens (including phenoxy) is 2. The van der Waals surface area contributed by atoms with Crippen molar-refractivity contribution >= 4 is 17.4 Å². The van der Waals surface area contributed by atoms with Gasteiger partial charge in [0.15, 0.2) is 0 Å². The number of nitrogens with zero attached hydrogens (tertiary/aromatic N) is 1. The van der Waals surface area contributed by atoms with Crippen LogP contribution in [-0.2, 0) is 16.0 Å². The Hall–Kier alpha value is -2.64. The quantitative estimate of drug-likeness (QED) is 0.568. The molecule has 0 radical (unpaired) electrons. The lowest BCUT2D eigenvalue weighted by molar-refractivity contribution is -0.115. The van der Waals surface area contributed by atoms with Crippen molar-refractivity contribution in [2.24, 2.45) is 0 Å². The summed E-state index contributed by atoms with van der Waals surface area (Å²) in [5.41, 5.74) is 1.55. The number of hydrogen-bond donors (Lipinski definition) is 3. The van der Waals surface area contributed by atoms with Crippen LogP contribution in [-0.4, -0.2) is 49.5 Å². The van der Waals surface area contributed by atoms with E-state index in [1.807, 2.05) is 24.3 Å². The molecule has 25 heavy (non-hydrogen) atoms. The third kappa shape index (κ3) is 6.78. The number of carbonyl (C=O) groups excluding carboxylic acids is 1. The zero-order valence-electron chi connectivity index (χ0n) is 14.2. The maximum atomic E-state index is 12.1. The maximum Gasteiger partial charge on any atom is 0.228 e. The largest absolute Gasteiger partial charge is 0.497 e. The number of aliphatic hydroxyl groups is 1. The van der Waals surface area contributed by atoms with E-state index in [1.54, 1.807) is 25.4 Å². The van der Waals surface area contributed by atoms with Gasteiger partial charge in [-0.15, -0.1) is 0 Å². The molecule has 0 unspecified atom stereocenters. The Labute approximate surface area is 147 Å². The average Bonchev–Trinajstić information content (AvgIpc) is 2.63. The molecule has 1 aromatic heterocycles. The standard InChI is InChI=1S/C18H23N3O4/c1-24-16-5-2-14(3-6-16)12-18(23)21-15-4-7-17(20-13-15)19-8-10-25-11-9-22/h2-7,13,22H,8-12H2,1H3,(H,19,20)(H,21,23). The number of anilines is 2. The Morgan fingerprint density at radius 1 is 1.16 bits per heavy atom. The molecule has 1 aromatic carbocycles. The Kier molecular flexibility index (Phi) is 7.68. The number of methoxy groups -OCH3 is 1. The van der Waals surface area contributed by atoms with E-state index < -0.39 is 0 Å². The predicted octanol–water partition coefficient (Wildman–Crippen LogP) is 1.69. The molecule has 7 nitrogen and oxygen atoms in total. The molecule has 2 aromatic rings. The lowest BCUT2D eigenvalue weighted by Crippen LogP contribution is -2.15. The minimum absolute atomic E-state index is 0.0170. The topological polar surface area (TPSA) is 92.7 Å². The summed E-state index contributed by atoms with van der Waals surface area (Å²) in [7, 11) is 1.61. The second-order valence-corrected chi connectivity index (χ2v) is 5.27. The summed E-state index contributed by atoms with van der Waals surface area (Å²) >= 11 is 0. The van der Waals surface area contributed by atoms with Gasteiger partial charge in [-0.3, -0.25) is 4.79 Å². The Morgan fingerprint density at radius 2 is 1.96 bits per heavy atom. The zero-order chi connectivity index (χ0) is 17.9. The molecule has 0 fully saturated rings. The molecule has 0 aliphatic carbocycles. The van der Waals surface area contributed by atoms with Crippen LogP contribution in [0.4, 0.5) is 11.5 Å². The van der Waals surface area contributed by atoms with Gasteiger partial charge in [0, 0.05) is 6.54 Å². The molecular formula is C18H23N3O4. The molecule has 1 heterocycles. The SMILES string of the molecule is COc1ccc(CC(=O)Nc2ccc(NCCOCCO)nc2)cc1. The van der Waals surface area contributed by atoms with Crippen LogP contribution in [0.3, 0.4) is 0 Å². The summed E-state index contributed by atoms with van der Waals surface area (Å²) < 4.78 is 10.2. The van der Waals surface area contributed by atoms with Gasteiger partial charge in [0.2, 0.25) is 5.91 Å². The first-order chi connectivity index (χ1) is 12.2. The van der Waals surface area contributed by atoms with Gasteiger partial charge in [-0.1, -0.05) is 12.1 Å². The van der Waals surface area contributed by atoms with Crippen LogP contribution in [0.2, 0.25) is 0 Å². The summed E-state index contributed by atoms with van der Waals surface area (Å²) in [5.74, 6) is 1.35. The number of pyridine rings is 1. The lowest BCUT2D eigenvalue weighted by atomic mass is 10.1. The number of rotatable bonds is 10. The predicted molar refractivity (Wildman–Crippen MR) is 96.0 cm³/mol. The van der Waals surface area contributed by atoms with E-state index in [2.05, 4.69) is 15.6 Å². The molecule has 0 aliphatic heterocycles. The van der Waals surface area contributed by atoms with Gasteiger partial charge in [-0.05, 0) is 29.8 Å². The minimum atomic E-state index is -0.106. The van der Waals surface area contributed by atoms with Crippen molar-refractivity contribution in [1.29, 1.82) is 0 Å². The number of benzene rings is 1. The molecule has 1 amide bonds. The molecular weight excluding hydrogens is 322 g/mol. The summed E-state index contributed by atoms with van der Waals surface area (Å²) in [6.45, 7) is 1.43. The van der Waals surface area contributed by atoms with Gasteiger partial charge < -0.3 is 25.2 Å². The summed E-state index contributed by atoms with van der Waals surface area (Å²) in [5, 5.41) is 14.5. The first-order valence-electron chi connectivity index (χ1n) is 8.02. The molecule has 134 valence electrons. The summed E-state index contributed by atoms with van der Waals surface area (Å²) in [6.07, 6.45) is 1.88. The van der Waals surface area contributed by atoms with Gasteiger partial charge in [0.05, 0.1) is 45.2 Å². The summed E-state index contributed by atoms with van der Waals surface area (Å²) in [6, 6.07) is 11.0. The van der Waals surface area contributed by atoms with E-state index in [1.165, 1.54) is 0 Å². The van der Waals surface area contributed by atoms with Crippen LogP contribution in [0.25, 0.3) is 0 Å². The fourth-order valence-electron chi connectivity index (χ4n) is 2.12. The van der Waals surface area contributed by atoms with E-state index >= 15 is 0 Å². The second-order valence-electron chi connectivity index (χ2n) is 5.27. The smallest absolute Gasteiger partial charge is 0.228 e. The molecule has 0 atom stereocenters. The molecule has 0 saturated heterocycles. The molecule has 0 saturated carbocycles. The first-order valence-corrected chi connectivity index (χ1v) is 8.02. The second kappa shape index (κ2) is 10.3.